The first-order valence-electron chi connectivity index (χ1n) is 21.5. The van der Waals surface area contributed by atoms with Crippen LogP contribution in [-0.4, -0.2) is 90.1 Å². The van der Waals surface area contributed by atoms with Crippen LogP contribution < -0.4 is 4.74 Å². The van der Waals surface area contributed by atoms with E-state index in [1.165, 1.54) is 67.8 Å². The van der Waals surface area contributed by atoms with Crippen molar-refractivity contribution in [2.45, 2.75) is 34.3 Å². The number of methoxy groups -OCH3 is 1. The number of nitrogens with zero attached hydrogens (tertiary/aromatic N) is 8. The lowest BCUT2D eigenvalue weighted by Crippen LogP contribution is -2.03. The van der Waals surface area contributed by atoms with E-state index in [9.17, 15) is 67.2 Å². The quantitative estimate of drug-likeness (QED) is 0.00990. The second kappa shape index (κ2) is 25.1. The van der Waals surface area contributed by atoms with E-state index < -0.39 is 122 Å². The second-order valence-corrected chi connectivity index (χ2v) is 23.6. The average Bonchev–Trinajstić information content (AvgIpc) is 1.85. The molecule has 33 nitrogen and oxygen atoms in total. The van der Waals surface area contributed by atoms with Gasteiger partial charge in [-0.15, -0.1) is 43.7 Å². The predicted octanol–water partition coefficient (Wildman–Crippen LogP) is 12.2. The summed E-state index contributed by atoms with van der Waals surface area (Å²) < 4.78 is 161. The summed E-state index contributed by atoms with van der Waals surface area (Å²) in [6.45, 7) is 0. The highest BCUT2D eigenvalue weighted by Gasteiger charge is 2.29. The van der Waals surface area contributed by atoms with Gasteiger partial charge in [0.05, 0.1) is 69.3 Å². The molecule has 83 heavy (non-hydrogen) atoms. The number of hydrogen-bond acceptors (Lipinski definition) is 32. The van der Waals surface area contributed by atoms with E-state index in [0.29, 0.717) is 36.2 Å². The smallest absolute Gasteiger partial charge is 0.297 e. The monoisotopic (exact) mass is 1280 g/mol. The summed E-state index contributed by atoms with van der Waals surface area (Å²) in [4.78, 5) is -4.55. The van der Waals surface area contributed by atoms with E-state index in [2.05, 4.69) is 69.0 Å². The Labute approximate surface area is 476 Å². The maximum atomic E-state index is 13.1. The Kier molecular flexibility index (Phi) is 18.6. The van der Waals surface area contributed by atoms with Crippen molar-refractivity contribution in [3.05, 3.63) is 103 Å². The Balaban J connectivity index is 1.22. The first-order chi connectivity index (χ1) is 39.3. The number of rotatable bonds is 22. The third kappa shape index (κ3) is 13.8. The van der Waals surface area contributed by atoms with Crippen LogP contribution in [0.1, 0.15) is 0 Å². The van der Waals surface area contributed by atoms with Crippen molar-refractivity contribution in [2.24, 2.45) is 40.9 Å². The number of ether oxygens (including phenoxy) is 1. The van der Waals surface area contributed by atoms with E-state index in [1.54, 1.807) is 0 Å². The molecule has 0 aliphatic rings. The van der Waals surface area contributed by atoms with Gasteiger partial charge < -0.3 is 20.1 Å². The Bertz CT molecular complexity index is 4520. The van der Waals surface area contributed by atoms with Gasteiger partial charge in [0, 0.05) is 26.9 Å². The first-order valence-corrected chi connectivity index (χ1v) is 29.5. The van der Waals surface area contributed by atoms with Gasteiger partial charge in [0.2, 0.25) is 0 Å². The number of hydrogen-bond donors (Lipinski definition) is 10. The molecule has 8 rings (SSSR count). The number of benzene rings is 8. The van der Waals surface area contributed by atoms with Crippen LogP contribution in [0, 0.1) is 0 Å². The van der Waals surface area contributed by atoms with Crippen LogP contribution in [0.15, 0.2) is 178 Å². The van der Waals surface area contributed by atoms with Gasteiger partial charge in [-0.25, -0.2) is 15.8 Å². The molecule has 40 heteroatoms. The van der Waals surface area contributed by atoms with Crippen LogP contribution in [0.4, 0.5) is 45.5 Å². The highest BCUT2D eigenvalue weighted by atomic mass is 32.2. The number of fused-ring (bicyclic) bond motifs is 3. The van der Waals surface area contributed by atoms with Crippen molar-refractivity contribution < 1.29 is 116 Å². The molecule has 434 valence electrons. The molecule has 0 unspecified atom stereocenters. The fraction of sp³-hybridized carbons (Fsp3) is 0.0233. The molecule has 8 aromatic rings. The maximum absolute atomic E-state index is 13.1. The molecule has 0 fully saturated rings. The number of azo groups is 4. The fourth-order valence-electron chi connectivity index (χ4n) is 7.53. The van der Waals surface area contributed by atoms with Gasteiger partial charge >= 0.3 is 0 Å². The molecule has 8 aromatic carbocycles. The highest BCUT2D eigenvalue weighted by Crippen LogP contribution is 2.50. The van der Waals surface area contributed by atoms with E-state index >= 15 is 0 Å². The summed E-state index contributed by atoms with van der Waals surface area (Å²) in [6, 6.07) is 19.0. The first kappa shape index (κ1) is 61.5. The molecule has 0 atom stereocenters. The van der Waals surface area contributed by atoms with Crippen LogP contribution in [0.25, 0.3) is 32.3 Å². The molecular weight excluding hydrogens is 1250 g/mol. The molecule has 0 amide bonds. The summed E-state index contributed by atoms with van der Waals surface area (Å²) in [5.74, 6) is -2.41. The van der Waals surface area contributed by atoms with Crippen molar-refractivity contribution in [2.75, 3.05) is 7.11 Å². The summed E-state index contributed by atoms with van der Waals surface area (Å²) in [5.41, 5.74) is -3.79. The molecule has 0 bridgehead atoms. The van der Waals surface area contributed by atoms with Crippen LogP contribution in [-0.2, 0) is 68.6 Å². The number of aromatic hydroxyl groups is 3. The third-order valence-electron chi connectivity index (χ3n) is 11.0. The van der Waals surface area contributed by atoms with E-state index in [-0.39, 0.29) is 66.0 Å². The molecular formula is C43H30N8O25S7. The summed E-state index contributed by atoms with van der Waals surface area (Å²) in [6.07, 6.45) is 0. The minimum atomic E-state index is -5.55. The highest BCUT2D eigenvalue weighted by molar-refractivity contribution is 7.95. The average molecular weight is 1280 g/mol. The van der Waals surface area contributed by atoms with Crippen LogP contribution >= 0.6 is 36.1 Å². The lowest BCUT2D eigenvalue weighted by atomic mass is 10.1. The van der Waals surface area contributed by atoms with Gasteiger partial charge in [0.25, 0.3) is 40.5 Å². The summed E-state index contributed by atoms with van der Waals surface area (Å²) in [7, 11) is -19.8. The zero-order chi connectivity index (χ0) is 60.2. The van der Waals surface area contributed by atoms with Crippen LogP contribution in [0.2, 0.25) is 0 Å². The van der Waals surface area contributed by atoms with Gasteiger partial charge in [-0.3, -0.25) is 18.2 Å². The molecule has 0 aromatic heterocycles. The maximum Gasteiger partial charge on any atom is 0.297 e. The van der Waals surface area contributed by atoms with E-state index in [4.69, 9.17) is 20.5 Å². The molecule has 0 aliphatic heterocycles. The van der Waals surface area contributed by atoms with Gasteiger partial charge in [-0.05, 0) is 96.4 Å². The summed E-state index contributed by atoms with van der Waals surface area (Å²) in [5, 5.41) is 101. The molecule has 0 heterocycles. The van der Waals surface area contributed by atoms with Gasteiger partial charge in [0.15, 0.2) is 17.2 Å². The minimum Gasteiger partial charge on any atom is -0.505 e. The van der Waals surface area contributed by atoms with Gasteiger partial charge in [-0.2, -0.15) is 43.9 Å². The standard InChI is InChI=1S/C43H30N8O25S7/c1-70-22-7-10-28(31(16-22)77-74-71-55)46-51-39-36(82(64,65)66)18-27-24(41(39)53)9-11-30(43(27)83(67,68)69)48-45-21-14-26-25(35(15-21)81(61,62)63)17-33(79-76-73-57)38(42(26)54)49-44-20-6-8-23-19(12-20)13-32(78-75-72-56)37(40(23)52)50-47-29-4-2-3-5-34(29)80(58,59)60/h2-18,52-57H,1H3,(H,58,59,60)(H,61,62,63)(H,64,65,66)(H,67,68,69). The van der Waals surface area contributed by atoms with E-state index in [0.717, 1.165) is 30.3 Å². The van der Waals surface area contributed by atoms with Gasteiger partial charge in [0.1, 0.15) is 59.5 Å². The van der Waals surface area contributed by atoms with Crippen molar-refractivity contribution in [1.82, 2.24) is 0 Å². The molecule has 0 saturated heterocycles. The largest absolute Gasteiger partial charge is 0.505 e. The van der Waals surface area contributed by atoms with Crippen molar-refractivity contribution in [3.63, 3.8) is 0 Å². The Morgan fingerprint density at radius 3 is 1.55 bits per heavy atom. The topological polar surface area (TPSA) is 502 Å². The molecule has 0 spiro atoms. The lowest BCUT2D eigenvalue weighted by Gasteiger charge is -2.13. The Hall–Kier alpha value is -7.53. The normalized spacial score (nSPS) is 12.9. The fourth-order valence-corrected chi connectivity index (χ4v) is 11.8. The lowest BCUT2D eigenvalue weighted by molar-refractivity contribution is -0.432. The number of phenols is 3. The molecule has 0 radical (unpaired) electrons. The van der Waals surface area contributed by atoms with Crippen molar-refractivity contribution in [3.8, 4) is 23.0 Å². The van der Waals surface area contributed by atoms with Crippen LogP contribution in [0.5, 0.6) is 23.0 Å². The third-order valence-corrected chi connectivity index (χ3v) is 16.4. The van der Waals surface area contributed by atoms with Crippen LogP contribution in [0.3, 0.4) is 0 Å². The molecule has 0 aliphatic carbocycles. The minimum absolute atomic E-state index is 0.0371. The number of phenolic OH excluding ortho intramolecular Hbond substituents is 3. The molecule has 0 saturated carbocycles. The van der Waals surface area contributed by atoms with Crippen molar-refractivity contribution >= 4 is 154 Å². The molecule has 10 N–H and O–H groups in total. The van der Waals surface area contributed by atoms with Gasteiger partial charge in [-0.1, -0.05) is 27.2 Å². The second-order valence-electron chi connectivity index (χ2n) is 15.8. The summed E-state index contributed by atoms with van der Waals surface area (Å²) >= 11 is 0.830. The van der Waals surface area contributed by atoms with Crippen molar-refractivity contribution in [1.29, 1.82) is 0 Å². The SMILES string of the molecule is COc1ccc(N=Nc2c(S(=O)(=O)O)cc3c(S(=O)(=O)O)c(N=Nc4cc(S(=O)(=O)O)c5cc(SOOO)c(N=Nc6ccc7c(O)c(N=Nc8ccccc8S(=O)(=O)O)c(SOOO)cc7c6)c(O)c5c4)ccc3c2O)c(SOOO)c1. The Morgan fingerprint density at radius 1 is 0.398 bits per heavy atom. The Morgan fingerprint density at radius 2 is 0.928 bits per heavy atom. The zero-order valence-electron chi connectivity index (χ0n) is 40.3. The predicted molar refractivity (Wildman–Crippen MR) is 284 cm³/mol. The van der Waals surface area contributed by atoms with E-state index in [1.807, 2.05) is 0 Å². The zero-order valence-corrected chi connectivity index (χ0v) is 46.1.